The molecule has 0 aliphatic rings. The van der Waals surface area contributed by atoms with Crippen LogP contribution in [0.25, 0.3) is 0 Å². The lowest BCUT2D eigenvalue weighted by Gasteiger charge is -2.32. The number of aryl methyl sites for hydroxylation is 1. The molecule has 0 heterocycles. The molecule has 0 unspecified atom stereocenters. The Morgan fingerprint density at radius 2 is 1.58 bits per heavy atom. The fraction of sp³-hybridized carbons (Fsp3) is 0.310. The quantitative estimate of drug-likeness (QED) is 0.347. The van der Waals surface area contributed by atoms with E-state index in [1.54, 1.807) is 43.3 Å². The van der Waals surface area contributed by atoms with Gasteiger partial charge in [-0.15, -0.1) is 0 Å². The van der Waals surface area contributed by atoms with Crippen molar-refractivity contribution in [3.05, 3.63) is 95.0 Å². The Kier molecular flexibility index (Phi) is 10.3. The van der Waals surface area contributed by atoms with E-state index in [1.165, 1.54) is 17.0 Å². The predicted octanol–water partition coefficient (Wildman–Crippen LogP) is 4.83. The van der Waals surface area contributed by atoms with Crippen LogP contribution in [0.15, 0.2) is 83.8 Å². The first-order valence-electron chi connectivity index (χ1n) is 12.6. The number of benzene rings is 3. The molecule has 202 valence electrons. The van der Waals surface area contributed by atoms with Gasteiger partial charge in [0.2, 0.25) is 11.8 Å². The van der Waals surface area contributed by atoms with Crippen molar-refractivity contribution in [3.63, 3.8) is 0 Å². The van der Waals surface area contributed by atoms with Gasteiger partial charge in [-0.3, -0.25) is 13.9 Å². The third-order valence-corrected chi connectivity index (χ3v) is 8.30. The van der Waals surface area contributed by atoms with Crippen LogP contribution in [-0.2, 0) is 26.0 Å². The van der Waals surface area contributed by atoms with Crippen LogP contribution < -0.4 is 9.62 Å². The summed E-state index contributed by atoms with van der Waals surface area (Å²) in [6.07, 6.45) is 1.26. The van der Waals surface area contributed by atoms with Gasteiger partial charge in [-0.2, -0.15) is 0 Å². The van der Waals surface area contributed by atoms with E-state index in [-0.39, 0.29) is 28.1 Å². The highest BCUT2D eigenvalue weighted by atomic mass is 35.5. The first-order chi connectivity index (χ1) is 18.1. The van der Waals surface area contributed by atoms with Gasteiger partial charge in [-0.1, -0.05) is 78.7 Å². The number of nitrogens with one attached hydrogen (secondary N) is 1. The number of para-hydroxylation sites is 1. The van der Waals surface area contributed by atoms with E-state index in [4.69, 9.17) is 11.6 Å². The minimum absolute atomic E-state index is 0.0420. The average molecular weight is 556 g/mol. The molecule has 0 saturated heterocycles. The highest BCUT2D eigenvalue weighted by Gasteiger charge is 2.33. The zero-order valence-corrected chi connectivity index (χ0v) is 23.5. The molecule has 0 aliphatic heterocycles. The van der Waals surface area contributed by atoms with Crippen molar-refractivity contribution >= 4 is 39.1 Å². The van der Waals surface area contributed by atoms with E-state index in [1.807, 2.05) is 44.2 Å². The monoisotopic (exact) mass is 555 g/mol. The summed E-state index contributed by atoms with van der Waals surface area (Å²) >= 11 is 6.42. The standard InChI is InChI=1S/C29H34ClN3O4S/c1-4-19-31-29(35)23(3)32(20-18-24-10-6-5-7-11-24)28(34)21-33(27-13-9-8-12-26(27)30)38(36,37)25-16-14-22(2)15-17-25/h5-17,23H,4,18-21H2,1-3H3,(H,31,35)/t23-/m1/s1. The van der Waals surface area contributed by atoms with Crippen LogP contribution in [0.3, 0.4) is 0 Å². The number of anilines is 1. The van der Waals surface area contributed by atoms with Crippen LogP contribution in [0.1, 0.15) is 31.4 Å². The Bertz CT molecular complexity index is 1330. The number of hydrogen-bond acceptors (Lipinski definition) is 4. The molecule has 7 nitrogen and oxygen atoms in total. The van der Waals surface area contributed by atoms with Gasteiger partial charge in [0.25, 0.3) is 10.0 Å². The lowest BCUT2D eigenvalue weighted by molar-refractivity contribution is -0.138. The zero-order chi connectivity index (χ0) is 27.7. The maximum absolute atomic E-state index is 13.8. The maximum Gasteiger partial charge on any atom is 0.264 e. The van der Waals surface area contributed by atoms with E-state index in [0.717, 1.165) is 21.9 Å². The van der Waals surface area contributed by atoms with Crippen molar-refractivity contribution < 1.29 is 18.0 Å². The highest BCUT2D eigenvalue weighted by Crippen LogP contribution is 2.30. The molecule has 1 N–H and O–H groups in total. The lowest BCUT2D eigenvalue weighted by atomic mass is 10.1. The van der Waals surface area contributed by atoms with Crippen LogP contribution in [0, 0.1) is 6.92 Å². The van der Waals surface area contributed by atoms with Gasteiger partial charge in [-0.25, -0.2) is 8.42 Å². The first-order valence-corrected chi connectivity index (χ1v) is 14.4. The number of halogens is 1. The maximum atomic E-state index is 13.8. The van der Waals surface area contributed by atoms with Crippen LogP contribution in [0.4, 0.5) is 5.69 Å². The van der Waals surface area contributed by atoms with Gasteiger partial charge >= 0.3 is 0 Å². The van der Waals surface area contributed by atoms with E-state index < -0.39 is 28.5 Å². The van der Waals surface area contributed by atoms with Crippen LogP contribution >= 0.6 is 11.6 Å². The van der Waals surface area contributed by atoms with Gasteiger partial charge in [0.1, 0.15) is 12.6 Å². The number of amides is 2. The molecule has 38 heavy (non-hydrogen) atoms. The van der Waals surface area contributed by atoms with Crippen LogP contribution in [0.5, 0.6) is 0 Å². The fourth-order valence-corrected chi connectivity index (χ4v) is 5.69. The molecule has 1 atom stereocenters. The SMILES string of the molecule is CCCNC(=O)[C@@H](C)N(CCc1ccccc1)C(=O)CN(c1ccccc1Cl)S(=O)(=O)c1ccc(C)cc1. The van der Waals surface area contributed by atoms with Crippen LogP contribution in [-0.4, -0.2) is 50.8 Å². The molecule has 3 aromatic carbocycles. The summed E-state index contributed by atoms with van der Waals surface area (Å²) in [7, 11) is -4.15. The van der Waals surface area contributed by atoms with Crippen molar-refractivity contribution in [2.45, 2.75) is 44.6 Å². The zero-order valence-electron chi connectivity index (χ0n) is 21.9. The summed E-state index contributed by atoms with van der Waals surface area (Å²) in [5.41, 5.74) is 2.10. The molecule has 0 fully saturated rings. The second kappa shape index (κ2) is 13.4. The molecule has 0 saturated carbocycles. The fourth-order valence-electron chi connectivity index (χ4n) is 3.97. The van der Waals surface area contributed by atoms with E-state index in [2.05, 4.69) is 5.32 Å². The summed E-state index contributed by atoms with van der Waals surface area (Å²) in [4.78, 5) is 28.1. The highest BCUT2D eigenvalue weighted by molar-refractivity contribution is 7.92. The van der Waals surface area contributed by atoms with Gasteiger partial charge in [-0.05, 0) is 56.5 Å². The molecular formula is C29H34ClN3O4S. The van der Waals surface area contributed by atoms with Gasteiger partial charge < -0.3 is 10.2 Å². The molecule has 9 heteroatoms. The number of nitrogens with zero attached hydrogens (tertiary/aromatic N) is 2. The third kappa shape index (κ3) is 7.36. The summed E-state index contributed by atoms with van der Waals surface area (Å²) in [5.74, 6) is -0.797. The largest absolute Gasteiger partial charge is 0.354 e. The topological polar surface area (TPSA) is 86.8 Å². The van der Waals surface area contributed by atoms with Crippen molar-refractivity contribution in [1.29, 1.82) is 0 Å². The Morgan fingerprint density at radius 1 is 0.947 bits per heavy atom. The molecule has 0 bridgehead atoms. The molecular weight excluding hydrogens is 522 g/mol. The molecule has 0 aliphatic carbocycles. The second-order valence-electron chi connectivity index (χ2n) is 9.07. The molecule has 0 aromatic heterocycles. The number of sulfonamides is 1. The summed E-state index contributed by atoms with van der Waals surface area (Å²) in [6.45, 7) is 5.67. The molecule has 0 radical (unpaired) electrons. The van der Waals surface area contributed by atoms with E-state index in [0.29, 0.717) is 13.0 Å². The third-order valence-electron chi connectivity index (χ3n) is 6.21. The van der Waals surface area contributed by atoms with Gasteiger partial charge in [0.05, 0.1) is 15.6 Å². The smallest absolute Gasteiger partial charge is 0.264 e. The van der Waals surface area contributed by atoms with Gasteiger partial charge in [0, 0.05) is 13.1 Å². The lowest BCUT2D eigenvalue weighted by Crippen LogP contribution is -2.52. The Morgan fingerprint density at radius 3 is 2.21 bits per heavy atom. The summed E-state index contributed by atoms with van der Waals surface area (Å²) < 4.78 is 28.6. The second-order valence-corrected chi connectivity index (χ2v) is 11.3. The Balaban J connectivity index is 1.97. The average Bonchev–Trinajstić information content (AvgIpc) is 2.91. The first kappa shape index (κ1) is 29.2. The molecule has 2 amide bonds. The number of carbonyl (C=O) groups is 2. The number of hydrogen-bond donors (Lipinski definition) is 1. The molecule has 0 spiro atoms. The van der Waals surface area contributed by atoms with E-state index >= 15 is 0 Å². The summed E-state index contributed by atoms with van der Waals surface area (Å²) in [5, 5.41) is 3.03. The van der Waals surface area contributed by atoms with Crippen molar-refractivity contribution in [3.8, 4) is 0 Å². The minimum atomic E-state index is -4.15. The Labute approximate surface area is 230 Å². The molecule has 3 rings (SSSR count). The molecule has 3 aromatic rings. The van der Waals surface area contributed by atoms with Gasteiger partial charge in [0.15, 0.2) is 0 Å². The van der Waals surface area contributed by atoms with Crippen LogP contribution in [0.2, 0.25) is 5.02 Å². The normalized spacial score (nSPS) is 12.0. The number of rotatable bonds is 12. The van der Waals surface area contributed by atoms with Crippen molar-refractivity contribution in [1.82, 2.24) is 10.2 Å². The predicted molar refractivity (Wildman–Crippen MR) is 152 cm³/mol. The van der Waals surface area contributed by atoms with Crippen molar-refractivity contribution in [2.75, 3.05) is 23.9 Å². The van der Waals surface area contributed by atoms with Crippen molar-refractivity contribution in [2.24, 2.45) is 0 Å². The van der Waals surface area contributed by atoms with E-state index in [9.17, 15) is 18.0 Å². The minimum Gasteiger partial charge on any atom is -0.354 e. The summed E-state index contributed by atoms with van der Waals surface area (Å²) in [6, 6.07) is 21.7. The number of carbonyl (C=O) groups excluding carboxylic acids is 2. The Hall–Kier alpha value is -3.36.